The van der Waals surface area contributed by atoms with Gasteiger partial charge in [0.1, 0.15) is 0 Å². The number of carbonyl (C=O) groups excluding carboxylic acids is 2. The molecule has 0 spiro atoms. The molecule has 0 saturated carbocycles. The van der Waals surface area contributed by atoms with Gasteiger partial charge >= 0.3 is 0 Å². The number of halogens is 2. The monoisotopic (exact) mass is 426 g/mol. The number of benzene rings is 2. The molecule has 1 aliphatic rings. The minimum atomic E-state index is -0.0968. The number of fused-ring (bicyclic) bond motifs is 1. The molecule has 0 saturated heterocycles. The van der Waals surface area contributed by atoms with Crippen LogP contribution in [0.3, 0.4) is 0 Å². The Balaban J connectivity index is 1.38. The maximum Gasteiger partial charge on any atom is 0.223 e. The van der Waals surface area contributed by atoms with Gasteiger partial charge in [-0.1, -0.05) is 59.6 Å². The van der Waals surface area contributed by atoms with Crippen LogP contribution in [0.25, 0.3) is 16.5 Å². The average molecular weight is 427 g/mol. The van der Waals surface area contributed by atoms with E-state index < -0.39 is 0 Å². The van der Waals surface area contributed by atoms with Crippen molar-refractivity contribution in [2.75, 3.05) is 13.1 Å². The highest BCUT2D eigenvalue weighted by Crippen LogP contribution is 2.30. The standard InChI is InChI=1S/C23H20Cl2N2O2/c24-17-12-18-19(14-26-23(18)20(25)13-17)21(28)6-7-22(29)27-10-8-16(9-11-27)15-4-2-1-3-5-15/h1-5,8,12-14,26H,6-7,9-11H2. The molecular formula is C23H20Cl2N2O2. The zero-order chi connectivity index (χ0) is 20.4. The van der Waals surface area contributed by atoms with E-state index in [2.05, 4.69) is 23.2 Å². The lowest BCUT2D eigenvalue weighted by Crippen LogP contribution is -2.34. The Morgan fingerprint density at radius 3 is 2.59 bits per heavy atom. The fourth-order valence-corrected chi connectivity index (χ4v) is 4.26. The molecule has 0 atom stereocenters. The third-order valence-electron chi connectivity index (χ3n) is 5.28. The Kier molecular flexibility index (Phi) is 5.74. The predicted molar refractivity (Wildman–Crippen MR) is 117 cm³/mol. The summed E-state index contributed by atoms with van der Waals surface area (Å²) in [5, 5.41) is 1.63. The van der Waals surface area contributed by atoms with Gasteiger partial charge < -0.3 is 9.88 Å². The third kappa shape index (κ3) is 4.24. The lowest BCUT2D eigenvalue weighted by molar-refractivity contribution is -0.130. The summed E-state index contributed by atoms with van der Waals surface area (Å²) in [6, 6.07) is 13.6. The van der Waals surface area contributed by atoms with Crippen molar-refractivity contribution in [2.45, 2.75) is 19.3 Å². The number of H-pyrrole nitrogens is 1. The molecule has 6 heteroatoms. The molecule has 2 heterocycles. The van der Waals surface area contributed by atoms with E-state index in [1.54, 1.807) is 18.3 Å². The molecule has 1 aliphatic heterocycles. The summed E-state index contributed by atoms with van der Waals surface area (Å²) >= 11 is 12.2. The van der Waals surface area contributed by atoms with Crippen LogP contribution in [0.1, 0.15) is 35.2 Å². The molecule has 1 N–H and O–H groups in total. The third-order valence-corrected chi connectivity index (χ3v) is 5.80. The van der Waals surface area contributed by atoms with Crippen LogP contribution in [0, 0.1) is 0 Å². The number of hydrogen-bond donors (Lipinski definition) is 1. The van der Waals surface area contributed by atoms with Crippen LogP contribution >= 0.6 is 23.2 Å². The Hall–Kier alpha value is -2.56. The van der Waals surface area contributed by atoms with Gasteiger partial charge in [-0.15, -0.1) is 0 Å². The number of aromatic amines is 1. The van der Waals surface area contributed by atoms with E-state index in [0.29, 0.717) is 39.6 Å². The lowest BCUT2D eigenvalue weighted by atomic mass is 9.99. The summed E-state index contributed by atoms with van der Waals surface area (Å²) < 4.78 is 0. The second kappa shape index (κ2) is 8.44. The minimum absolute atomic E-state index is 0.00221. The highest BCUT2D eigenvalue weighted by atomic mass is 35.5. The van der Waals surface area contributed by atoms with Gasteiger partial charge in [-0.3, -0.25) is 9.59 Å². The molecule has 0 bridgehead atoms. The Labute approximate surface area is 179 Å². The zero-order valence-corrected chi connectivity index (χ0v) is 17.3. The van der Waals surface area contributed by atoms with E-state index in [1.165, 1.54) is 11.1 Å². The van der Waals surface area contributed by atoms with Crippen LogP contribution in [0.4, 0.5) is 0 Å². The highest BCUT2D eigenvalue weighted by molar-refractivity contribution is 6.39. The van der Waals surface area contributed by atoms with Crippen LogP contribution < -0.4 is 0 Å². The first-order valence-electron chi connectivity index (χ1n) is 9.54. The van der Waals surface area contributed by atoms with Crippen molar-refractivity contribution in [1.29, 1.82) is 0 Å². The fourth-order valence-electron chi connectivity index (χ4n) is 3.71. The number of amides is 1. The number of ketones is 1. The van der Waals surface area contributed by atoms with Gasteiger partial charge in [0.25, 0.3) is 0 Å². The number of Topliss-reactive ketones (excluding diaryl/α,β-unsaturated/α-hetero) is 1. The van der Waals surface area contributed by atoms with Crippen LogP contribution in [0.15, 0.2) is 54.7 Å². The number of hydrogen-bond acceptors (Lipinski definition) is 2. The molecule has 1 amide bonds. The Morgan fingerprint density at radius 1 is 1.07 bits per heavy atom. The maximum atomic E-state index is 12.7. The average Bonchev–Trinajstić information content (AvgIpc) is 3.17. The highest BCUT2D eigenvalue weighted by Gasteiger charge is 2.20. The quantitative estimate of drug-likeness (QED) is 0.527. The van der Waals surface area contributed by atoms with E-state index in [0.717, 1.165) is 6.42 Å². The van der Waals surface area contributed by atoms with Crippen molar-refractivity contribution >= 4 is 51.4 Å². The molecule has 4 rings (SSSR count). The van der Waals surface area contributed by atoms with Crippen LogP contribution in [0.5, 0.6) is 0 Å². The van der Waals surface area contributed by atoms with Gasteiger partial charge in [0.2, 0.25) is 5.91 Å². The SMILES string of the molecule is O=C(CCC(=O)N1CC=C(c2ccccc2)CC1)c1c[nH]c2c(Cl)cc(Cl)cc12. The van der Waals surface area contributed by atoms with Crippen LogP contribution in [-0.2, 0) is 4.79 Å². The molecular weight excluding hydrogens is 407 g/mol. The zero-order valence-electron chi connectivity index (χ0n) is 15.8. The molecule has 0 unspecified atom stereocenters. The number of carbonyl (C=O) groups is 2. The Bertz CT molecular complexity index is 1100. The summed E-state index contributed by atoms with van der Waals surface area (Å²) in [6.45, 7) is 1.25. The molecule has 0 radical (unpaired) electrons. The molecule has 29 heavy (non-hydrogen) atoms. The van der Waals surface area contributed by atoms with Gasteiger partial charge in [-0.05, 0) is 29.7 Å². The minimum Gasteiger partial charge on any atom is -0.359 e. The van der Waals surface area contributed by atoms with Crippen molar-refractivity contribution < 1.29 is 9.59 Å². The van der Waals surface area contributed by atoms with Crippen molar-refractivity contribution in [3.63, 3.8) is 0 Å². The first-order chi connectivity index (χ1) is 14.0. The van der Waals surface area contributed by atoms with Gasteiger partial charge in [-0.2, -0.15) is 0 Å². The van der Waals surface area contributed by atoms with Gasteiger partial charge in [0.05, 0.1) is 10.5 Å². The summed E-state index contributed by atoms with van der Waals surface area (Å²) in [4.78, 5) is 30.1. The number of aromatic nitrogens is 1. The summed E-state index contributed by atoms with van der Waals surface area (Å²) in [7, 11) is 0. The van der Waals surface area contributed by atoms with Crippen molar-refractivity contribution in [3.8, 4) is 0 Å². The summed E-state index contributed by atoms with van der Waals surface area (Å²) in [5.41, 5.74) is 3.66. The first kappa shape index (κ1) is 19.7. The molecule has 3 aromatic rings. The van der Waals surface area contributed by atoms with E-state index in [-0.39, 0.29) is 24.5 Å². The number of nitrogens with one attached hydrogen (secondary N) is 1. The second-order valence-electron chi connectivity index (χ2n) is 7.12. The van der Waals surface area contributed by atoms with E-state index in [4.69, 9.17) is 23.2 Å². The molecule has 4 nitrogen and oxygen atoms in total. The second-order valence-corrected chi connectivity index (χ2v) is 7.96. The lowest BCUT2D eigenvalue weighted by Gasteiger charge is -2.26. The normalized spacial score (nSPS) is 14.1. The van der Waals surface area contributed by atoms with E-state index in [9.17, 15) is 9.59 Å². The topological polar surface area (TPSA) is 53.2 Å². The molecule has 148 valence electrons. The predicted octanol–water partition coefficient (Wildman–Crippen LogP) is 5.75. The summed E-state index contributed by atoms with van der Waals surface area (Å²) in [6.07, 6.45) is 4.90. The van der Waals surface area contributed by atoms with Gasteiger partial charge in [0, 0.05) is 48.1 Å². The molecule has 0 fully saturated rings. The smallest absolute Gasteiger partial charge is 0.223 e. The fraction of sp³-hybridized carbons (Fsp3) is 0.217. The summed E-state index contributed by atoms with van der Waals surface area (Å²) in [5.74, 6) is -0.0990. The van der Waals surface area contributed by atoms with E-state index in [1.807, 2.05) is 23.1 Å². The van der Waals surface area contributed by atoms with Gasteiger partial charge in [0.15, 0.2) is 5.78 Å². The molecule has 2 aromatic carbocycles. The van der Waals surface area contributed by atoms with Crippen molar-refractivity contribution in [2.24, 2.45) is 0 Å². The molecule has 1 aromatic heterocycles. The van der Waals surface area contributed by atoms with Gasteiger partial charge in [-0.25, -0.2) is 0 Å². The first-order valence-corrected chi connectivity index (χ1v) is 10.3. The number of rotatable bonds is 5. The Morgan fingerprint density at radius 2 is 1.86 bits per heavy atom. The molecule has 0 aliphatic carbocycles. The van der Waals surface area contributed by atoms with Crippen molar-refractivity contribution in [3.05, 3.63) is 75.9 Å². The van der Waals surface area contributed by atoms with Crippen LogP contribution in [-0.4, -0.2) is 34.7 Å². The van der Waals surface area contributed by atoms with Crippen molar-refractivity contribution in [1.82, 2.24) is 9.88 Å². The van der Waals surface area contributed by atoms with Crippen LogP contribution in [0.2, 0.25) is 10.0 Å². The van der Waals surface area contributed by atoms with E-state index >= 15 is 0 Å². The number of nitrogens with zero attached hydrogens (tertiary/aromatic N) is 1. The largest absolute Gasteiger partial charge is 0.359 e. The maximum absolute atomic E-state index is 12.7.